The third-order valence-corrected chi connectivity index (χ3v) is 2.24. The minimum absolute atomic E-state index is 0. The molecule has 0 saturated carbocycles. The van der Waals surface area contributed by atoms with Gasteiger partial charge in [0.15, 0.2) is 0 Å². The maximum Gasteiger partial charge on any atom is 0.339 e. The van der Waals surface area contributed by atoms with Crippen molar-refractivity contribution < 1.29 is 24.3 Å². The monoisotopic (exact) mass is 247 g/mol. The fourth-order valence-corrected chi connectivity index (χ4v) is 1.71. The second-order valence-corrected chi connectivity index (χ2v) is 4.27. The van der Waals surface area contributed by atoms with E-state index in [9.17, 15) is 9.36 Å². The van der Waals surface area contributed by atoms with Gasteiger partial charge in [0.05, 0.1) is 6.42 Å². The average Bonchev–Trinajstić information content (AvgIpc) is 1.95. The molecule has 0 rings (SSSR count). The molecule has 6 nitrogen and oxygen atoms in total. The number of rotatable bonds is 6. The first-order valence-corrected chi connectivity index (χ1v) is 5.63. The van der Waals surface area contributed by atoms with Crippen LogP contribution in [0.5, 0.6) is 0 Å². The Kier molecular flexibility index (Phi) is 8.39. The fraction of sp³-hybridized carbons (Fsp3) is 0.833. The predicted molar refractivity (Wildman–Crippen MR) is 53.7 cm³/mol. The van der Waals surface area contributed by atoms with Gasteiger partial charge in [0.1, 0.15) is 6.29 Å². The first kappa shape index (κ1) is 16.3. The molecule has 0 aromatic heterocycles. The molecule has 0 unspecified atom stereocenters. The van der Waals surface area contributed by atoms with Crippen LogP contribution in [0.3, 0.4) is 0 Å². The van der Waals surface area contributed by atoms with Crippen LogP contribution in [-0.4, -0.2) is 45.1 Å². The second-order valence-electron chi connectivity index (χ2n) is 2.66. The molecule has 0 aliphatic rings. The van der Waals surface area contributed by atoms with Gasteiger partial charge in [-0.1, -0.05) is 6.92 Å². The summed E-state index contributed by atoms with van der Waals surface area (Å²) in [5.41, 5.74) is 0. The quantitative estimate of drug-likeness (QED) is 0.586. The van der Waals surface area contributed by atoms with Gasteiger partial charge < -0.3 is 14.9 Å². The Hall–Kier alpha value is -0.130. The molecule has 0 aromatic carbocycles. The minimum atomic E-state index is -4.07. The summed E-state index contributed by atoms with van der Waals surface area (Å²) in [4.78, 5) is 28.8. The summed E-state index contributed by atoms with van der Waals surface area (Å²) in [7, 11) is -4.07. The summed E-state index contributed by atoms with van der Waals surface area (Å²) in [6.45, 7) is 2.31. The van der Waals surface area contributed by atoms with E-state index in [-0.39, 0.29) is 31.7 Å². The van der Waals surface area contributed by atoms with E-state index in [1.807, 2.05) is 0 Å². The Balaban J connectivity index is 0. The van der Waals surface area contributed by atoms with Crippen molar-refractivity contribution in [2.75, 3.05) is 19.4 Å². The molecular weight excluding hydrogens is 232 g/mol. The zero-order valence-corrected chi connectivity index (χ0v) is 9.50. The third kappa shape index (κ3) is 9.95. The Labute approximate surface area is 88.5 Å². The van der Waals surface area contributed by atoms with Crippen LogP contribution in [0.15, 0.2) is 0 Å². The maximum absolute atomic E-state index is 10.6. The van der Waals surface area contributed by atoms with Crippen LogP contribution in [0.2, 0.25) is 0 Å². The SMILES string of the molecule is CCN(CCC(=O)O)CP(=O)(O)O.Cl. The number of carbonyl (C=O) groups is 1. The maximum atomic E-state index is 10.6. The molecule has 8 heteroatoms. The topological polar surface area (TPSA) is 98.1 Å². The molecule has 0 atom stereocenters. The van der Waals surface area contributed by atoms with Gasteiger partial charge in [-0.25, -0.2) is 0 Å². The second kappa shape index (κ2) is 7.20. The van der Waals surface area contributed by atoms with Gasteiger partial charge >= 0.3 is 13.6 Å². The van der Waals surface area contributed by atoms with Gasteiger partial charge in [-0.15, -0.1) is 12.4 Å². The Morgan fingerprint density at radius 1 is 1.43 bits per heavy atom. The minimum Gasteiger partial charge on any atom is -0.481 e. The summed E-state index contributed by atoms with van der Waals surface area (Å²) in [5.74, 6) is -0.968. The Morgan fingerprint density at radius 3 is 2.21 bits per heavy atom. The van der Waals surface area contributed by atoms with Crippen molar-refractivity contribution in [2.45, 2.75) is 13.3 Å². The first-order valence-electron chi connectivity index (χ1n) is 3.84. The summed E-state index contributed by atoms with van der Waals surface area (Å²) < 4.78 is 10.6. The van der Waals surface area contributed by atoms with Crippen molar-refractivity contribution in [3.05, 3.63) is 0 Å². The molecule has 0 aliphatic heterocycles. The van der Waals surface area contributed by atoms with Crippen molar-refractivity contribution in [3.8, 4) is 0 Å². The number of nitrogens with zero attached hydrogens (tertiary/aromatic N) is 1. The first-order chi connectivity index (χ1) is 5.85. The van der Waals surface area contributed by atoms with Crippen LogP contribution in [-0.2, 0) is 9.36 Å². The van der Waals surface area contributed by atoms with E-state index in [0.29, 0.717) is 6.54 Å². The van der Waals surface area contributed by atoms with Gasteiger partial charge in [0.25, 0.3) is 0 Å². The highest BCUT2D eigenvalue weighted by Gasteiger charge is 2.18. The summed E-state index contributed by atoms with van der Waals surface area (Å²) in [6, 6.07) is 0. The average molecular weight is 248 g/mol. The lowest BCUT2D eigenvalue weighted by Gasteiger charge is -2.19. The van der Waals surface area contributed by atoms with E-state index in [1.165, 1.54) is 4.90 Å². The smallest absolute Gasteiger partial charge is 0.339 e. The predicted octanol–water partition coefficient (Wildman–Crippen LogP) is 0.340. The normalized spacial score (nSPS) is 11.1. The number of carboxylic acids is 1. The van der Waals surface area contributed by atoms with Crippen LogP contribution < -0.4 is 0 Å². The van der Waals surface area contributed by atoms with Crippen LogP contribution in [0.4, 0.5) is 0 Å². The lowest BCUT2D eigenvalue weighted by Crippen LogP contribution is -2.27. The van der Waals surface area contributed by atoms with E-state index in [4.69, 9.17) is 14.9 Å². The van der Waals surface area contributed by atoms with Gasteiger partial charge in [0.2, 0.25) is 0 Å². The third-order valence-electron chi connectivity index (χ3n) is 1.47. The number of hydrogen-bond donors (Lipinski definition) is 3. The van der Waals surface area contributed by atoms with Gasteiger partial charge in [0, 0.05) is 6.54 Å². The standard InChI is InChI=1S/C6H14NO5P.ClH/c1-2-7(4-3-6(8)9)5-13(10,11)12;/h2-5H2,1H3,(H,8,9)(H2,10,11,12);1H. The van der Waals surface area contributed by atoms with Crippen molar-refractivity contribution in [3.63, 3.8) is 0 Å². The molecule has 0 bridgehead atoms. The summed E-state index contributed by atoms with van der Waals surface area (Å²) in [6.07, 6.45) is -0.482. The van der Waals surface area contributed by atoms with Gasteiger partial charge in [-0.05, 0) is 6.54 Å². The highest BCUT2D eigenvalue weighted by atomic mass is 35.5. The van der Waals surface area contributed by atoms with E-state index in [1.54, 1.807) is 6.92 Å². The lowest BCUT2D eigenvalue weighted by molar-refractivity contribution is -0.137. The highest BCUT2D eigenvalue weighted by Crippen LogP contribution is 2.34. The largest absolute Gasteiger partial charge is 0.481 e. The van der Waals surface area contributed by atoms with Crippen LogP contribution in [0, 0.1) is 0 Å². The lowest BCUT2D eigenvalue weighted by atomic mass is 10.4. The van der Waals surface area contributed by atoms with Crippen molar-refractivity contribution in [1.82, 2.24) is 4.90 Å². The van der Waals surface area contributed by atoms with Crippen LogP contribution >= 0.6 is 20.0 Å². The van der Waals surface area contributed by atoms with E-state index in [0.717, 1.165) is 0 Å². The molecule has 0 aliphatic carbocycles. The molecule has 3 N–H and O–H groups in total. The van der Waals surface area contributed by atoms with Crippen LogP contribution in [0.25, 0.3) is 0 Å². The zero-order valence-electron chi connectivity index (χ0n) is 7.79. The molecule has 0 spiro atoms. The summed E-state index contributed by atoms with van der Waals surface area (Å²) in [5, 5.41) is 8.34. The molecule has 86 valence electrons. The number of carboxylic acid groups (broad SMARTS) is 1. The van der Waals surface area contributed by atoms with Gasteiger partial charge in [-0.3, -0.25) is 14.3 Å². The number of halogens is 1. The molecule has 0 fully saturated rings. The van der Waals surface area contributed by atoms with Crippen molar-refractivity contribution in [2.24, 2.45) is 0 Å². The summed E-state index contributed by atoms with van der Waals surface area (Å²) >= 11 is 0. The zero-order chi connectivity index (χ0) is 10.5. The van der Waals surface area contributed by atoms with E-state index < -0.39 is 13.6 Å². The van der Waals surface area contributed by atoms with Gasteiger partial charge in [-0.2, -0.15) is 0 Å². The molecular formula is C6H15ClNO5P. The van der Waals surface area contributed by atoms with E-state index >= 15 is 0 Å². The highest BCUT2D eigenvalue weighted by molar-refractivity contribution is 7.51. The van der Waals surface area contributed by atoms with Crippen LogP contribution in [0.1, 0.15) is 13.3 Å². The molecule has 14 heavy (non-hydrogen) atoms. The molecule has 0 radical (unpaired) electrons. The Morgan fingerprint density at radius 2 is 1.93 bits per heavy atom. The van der Waals surface area contributed by atoms with E-state index in [2.05, 4.69) is 0 Å². The molecule has 0 saturated heterocycles. The molecule has 0 amide bonds. The van der Waals surface area contributed by atoms with Crippen molar-refractivity contribution in [1.29, 1.82) is 0 Å². The molecule has 0 heterocycles. The van der Waals surface area contributed by atoms with Crippen molar-refractivity contribution >= 4 is 26.0 Å². The number of hydrogen-bond acceptors (Lipinski definition) is 3. The number of aliphatic carboxylic acids is 1. The Bertz CT molecular complexity index is 218. The fourth-order valence-electron chi connectivity index (χ4n) is 0.843. The molecule has 0 aromatic rings.